The lowest BCUT2D eigenvalue weighted by Crippen LogP contribution is -2.15. The topological polar surface area (TPSA) is 47.6 Å². The molecule has 0 spiro atoms. The van der Waals surface area contributed by atoms with Gasteiger partial charge in [0.1, 0.15) is 12.4 Å². The van der Waals surface area contributed by atoms with Gasteiger partial charge in [0.15, 0.2) is 0 Å². The van der Waals surface area contributed by atoms with Gasteiger partial charge in [-0.2, -0.15) is 0 Å². The van der Waals surface area contributed by atoms with Gasteiger partial charge in [-0.25, -0.2) is 4.79 Å². The van der Waals surface area contributed by atoms with E-state index in [9.17, 15) is 4.79 Å². The van der Waals surface area contributed by atoms with Crippen LogP contribution in [0.2, 0.25) is 0 Å². The molecule has 0 aliphatic heterocycles. The molecule has 1 amide bonds. The van der Waals surface area contributed by atoms with Gasteiger partial charge in [-0.1, -0.05) is 25.1 Å². The first-order valence-corrected chi connectivity index (χ1v) is 9.06. The molecule has 0 radical (unpaired) electrons. The number of carbonyl (C=O) groups excluding carboxylic acids is 1. The van der Waals surface area contributed by atoms with Crippen LogP contribution in [-0.2, 0) is 17.8 Å². The Kier molecular flexibility index (Phi) is 6.90. The molecule has 5 heteroatoms. The van der Waals surface area contributed by atoms with E-state index in [0.29, 0.717) is 18.9 Å². The maximum absolute atomic E-state index is 11.7. The van der Waals surface area contributed by atoms with Crippen molar-refractivity contribution in [3.05, 3.63) is 56.7 Å². The lowest BCUT2D eigenvalue weighted by molar-refractivity contribution is 0.168. The summed E-state index contributed by atoms with van der Waals surface area (Å²) < 4.78 is 12.0. The van der Waals surface area contributed by atoms with Gasteiger partial charge in [0, 0.05) is 9.13 Å². The first kappa shape index (κ1) is 18.6. The summed E-state index contributed by atoms with van der Waals surface area (Å²) in [5.74, 6) is 0.855. The smallest absolute Gasteiger partial charge is 0.411 e. The molecule has 1 N–H and O–H groups in total. The van der Waals surface area contributed by atoms with Crippen LogP contribution in [0.5, 0.6) is 5.75 Å². The van der Waals surface area contributed by atoms with Crippen LogP contribution in [-0.4, -0.2) is 12.7 Å². The van der Waals surface area contributed by atoms with Crippen LogP contribution in [0.4, 0.5) is 10.5 Å². The fraction of sp³-hybridized carbons (Fsp3) is 0.316. The second-order valence-corrected chi connectivity index (χ2v) is 6.52. The van der Waals surface area contributed by atoms with E-state index in [1.807, 2.05) is 31.2 Å². The van der Waals surface area contributed by atoms with Gasteiger partial charge >= 0.3 is 6.09 Å². The predicted molar refractivity (Wildman–Crippen MR) is 105 cm³/mol. The monoisotopic (exact) mass is 439 g/mol. The number of carbonyl (C=O) groups is 1. The minimum atomic E-state index is -0.454. The van der Waals surface area contributed by atoms with E-state index in [4.69, 9.17) is 9.47 Å². The standard InChI is InChI=1S/C19H22INO3/c1-4-14-9-10-18(13(3)11-14)24-12-15-16(20)7-6-8-17(15)21-19(22)23-5-2/h6-11H,4-5,12H2,1-3H3,(H,21,22). The Labute approximate surface area is 156 Å². The fourth-order valence-electron chi connectivity index (χ4n) is 2.34. The predicted octanol–water partition coefficient (Wildman–Crippen LogP) is 5.31. The van der Waals surface area contributed by atoms with Crippen molar-refractivity contribution < 1.29 is 14.3 Å². The van der Waals surface area contributed by atoms with Gasteiger partial charge < -0.3 is 9.47 Å². The van der Waals surface area contributed by atoms with Crippen LogP contribution >= 0.6 is 22.6 Å². The van der Waals surface area contributed by atoms with Crippen molar-refractivity contribution in [1.29, 1.82) is 0 Å². The highest BCUT2D eigenvalue weighted by atomic mass is 127. The highest BCUT2D eigenvalue weighted by Gasteiger charge is 2.12. The number of hydrogen-bond acceptors (Lipinski definition) is 3. The first-order chi connectivity index (χ1) is 11.5. The Bertz CT molecular complexity index is 716. The van der Waals surface area contributed by atoms with E-state index in [-0.39, 0.29) is 0 Å². The third-order valence-electron chi connectivity index (χ3n) is 3.65. The van der Waals surface area contributed by atoms with Crippen molar-refractivity contribution >= 4 is 34.4 Å². The van der Waals surface area contributed by atoms with Gasteiger partial charge in [0.25, 0.3) is 0 Å². The number of ether oxygens (including phenoxy) is 2. The molecule has 0 aliphatic carbocycles. The van der Waals surface area contributed by atoms with Crippen molar-refractivity contribution in [1.82, 2.24) is 0 Å². The van der Waals surface area contributed by atoms with Gasteiger partial charge in [0.05, 0.1) is 12.3 Å². The number of anilines is 1. The van der Waals surface area contributed by atoms with Crippen LogP contribution in [0.25, 0.3) is 0 Å². The molecule has 0 atom stereocenters. The molecule has 0 saturated heterocycles. The molecule has 0 saturated carbocycles. The summed E-state index contributed by atoms with van der Waals surface area (Å²) in [6.07, 6.45) is 0.551. The van der Waals surface area contributed by atoms with Gasteiger partial charge in [0.2, 0.25) is 0 Å². The summed E-state index contributed by atoms with van der Waals surface area (Å²) in [5.41, 5.74) is 4.05. The van der Waals surface area contributed by atoms with E-state index >= 15 is 0 Å². The number of rotatable bonds is 6. The lowest BCUT2D eigenvalue weighted by Gasteiger charge is -2.15. The van der Waals surface area contributed by atoms with Crippen LogP contribution < -0.4 is 10.1 Å². The number of aryl methyl sites for hydroxylation is 2. The summed E-state index contributed by atoms with van der Waals surface area (Å²) in [4.78, 5) is 11.7. The number of benzene rings is 2. The third-order valence-corrected chi connectivity index (χ3v) is 4.66. The molecule has 4 nitrogen and oxygen atoms in total. The van der Waals surface area contributed by atoms with Gasteiger partial charge in [-0.3, -0.25) is 5.32 Å². The zero-order chi connectivity index (χ0) is 17.5. The van der Waals surface area contributed by atoms with Crippen molar-refractivity contribution in [2.45, 2.75) is 33.8 Å². The first-order valence-electron chi connectivity index (χ1n) is 7.98. The average molecular weight is 439 g/mol. The molecule has 0 aliphatic rings. The zero-order valence-electron chi connectivity index (χ0n) is 14.2. The SMILES string of the molecule is CCOC(=O)Nc1cccc(I)c1COc1ccc(CC)cc1C. The Morgan fingerprint density at radius 3 is 2.67 bits per heavy atom. The molecule has 0 unspecified atom stereocenters. The largest absolute Gasteiger partial charge is 0.489 e. The van der Waals surface area contributed by atoms with Crippen molar-refractivity contribution in [3.8, 4) is 5.75 Å². The van der Waals surface area contributed by atoms with Gasteiger partial charge in [-0.05, 0) is 72.2 Å². The Balaban J connectivity index is 2.16. The summed E-state index contributed by atoms with van der Waals surface area (Å²) in [6, 6.07) is 12.0. The summed E-state index contributed by atoms with van der Waals surface area (Å²) in [7, 11) is 0. The Hall–Kier alpha value is -1.76. The highest BCUT2D eigenvalue weighted by Crippen LogP contribution is 2.26. The van der Waals surface area contributed by atoms with E-state index in [1.54, 1.807) is 6.92 Å². The quantitative estimate of drug-likeness (QED) is 0.621. The Morgan fingerprint density at radius 1 is 1.21 bits per heavy atom. The molecule has 128 valence electrons. The van der Waals surface area contributed by atoms with Crippen molar-refractivity contribution in [2.75, 3.05) is 11.9 Å². The molecule has 0 bridgehead atoms. The molecule has 0 heterocycles. The second-order valence-electron chi connectivity index (χ2n) is 5.35. The molecule has 2 rings (SSSR count). The molecule has 0 aromatic heterocycles. The summed E-state index contributed by atoms with van der Waals surface area (Å²) >= 11 is 2.24. The minimum absolute atomic E-state index is 0.338. The minimum Gasteiger partial charge on any atom is -0.489 e. The highest BCUT2D eigenvalue weighted by molar-refractivity contribution is 14.1. The molecular weight excluding hydrogens is 417 g/mol. The lowest BCUT2D eigenvalue weighted by atomic mass is 10.1. The molecular formula is C19H22INO3. The normalized spacial score (nSPS) is 10.3. The number of nitrogens with one attached hydrogen (secondary N) is 1. The maximum atomic E-state index is 11.7. The van der Waals surface area contributed by atoms with E-state index in [1.165, 1.54) is 5.56 Å². The van der Waals surface area contributed by atoms with E-state index in [2.05, 4.69) is 47.0 Å². The van der Waals surface area contributed by atoms with Crippen molar-refractivity contribution in [3.63, 3.8) is 0 Å². The van der Waals surface area contributed by atoms with E-state index in [0.717, 1.165) is 26.9 Å². The average Bonchev–Trinajstić information content (AvgIpc) is 2.55. The van der Waals surface area contributed by atoms with Crippen molar-refractivity contribution in [2.24, 2.45) is 0 Å². The van der Waals surface area contributed by atoms with Crippen LogP contribution in [0.15, 0.2) is 36.4 Å². The van der Waals surface area contributed by atoms with E-state index < -0.39 is 6.09 Å². The number of amides is 1. The third kappa shape index (κ3) is 4.87. The molecule has 2 aromatic carbocycles. The molecule has 2 aromatic rings. The number of hydrogen-bond donors (Lipinski definition) is 1. The fourth-order valence-corrected chi connectivity index (χ4v) is 3.00. The van der Waals surface area contributed by atoms with Crippen LogP contribution in [0.3, 0.4) is 0 Å². The Morgan fingerprint density at radius 2 is 2.00 bits per heavy atom. The van der Waals surface area contributed by atoms with Crippen LogP contribution in [0, 0.1) is 10.5 Å². The van der Waals surface area contributed by atoms with Crippen LogP contribution in [0.1, 0.15) is 30.5 Å². The molecule has 24 heavy (non-hydrogen) atoms. The summed E-state index contributed by atoms with van der Waals surface area (Å²) in [6.45, 7) is 6.68. The number of halogens is 1. The second kappa shape index (κ2) is 8.92. The summed E-state index contributed by atoms with van der Waals surface area (Å²) in [5, 5.41) is 2.78. The molecule has 0 fully saturated rings. The maximum Gasteiger partial charge on any atom is 0.411 e. The van der Waals surface area contributed by atoms with Gasteiger partial charge in [-0.15, -0.1) is 0 Å². The zero-order valence-corrected chi connectivity index (χ0v) is 16.3.